The van der Waals surface area contributed by atoms with E-state index in [4.69, 9.17) is 0 Å². The number of nitrogens with one attached hydrogen (secondary N) is 1. The molecule has 0 amide bonds. The molecule has 0 atom stereocenters. The van der Waals surface area contributed by atoms with Gasteiger partial charge in [-0.1, -0.05) is 44.2 Å². The first-order valence-corrected chi connectivity index (χ1v) is 8.07. The second-order valence-corrected chi connectivity index (χ2v) is 6.80. The van der Waals surface area contributed by atoms with Crippen molar-refractivity contribution in [1.82, 2.24) is 0 Å². The van der Waals surface area contributed by atoms with E-state index < -0.39 is 10.0 Å². The van der Waals surface area contributed by atoms with Crippen LogP contribution in [0, 0.1) is 6.92 Å². The molecule has 2 aromatic rings. The fourth-order valence-electron chi connectivity index (χ4n) is 2.00. The predicted octanol–water partition coefficient (Wildman–Crippen LogP) is 3.92. The molecule has 3 nitrogen and oxygen atoms in total. The molecule has 0 unspecified atom stereocenters. The summed E-state index contributed by atoms with van der Waals surface area (Å²) in [5, 5.41) is 0. The van der Waals surface area contributed by atoms with Crippen molar-refractivity contribution in [2.75, 3.05) is 4.72 Å². The van der Waals surface area contributed by atoms with Gasteiger partial charge in [0, 0.05) is 5.69 Å². The first-order chi connectivity index (χ1) is 9.40. The maximum absolute atomic E-state index is 12.3. The molecule has 1 N–H and O–H groups in total. The van der Waals surface area contributed by atoms with Crippen LogP contribution in [0.5, 0.6) is 0 Å². The van der Waals surface area contributed by atoms with Gasteiger partial charge in [-0.05, 0) is 42.2 Å². The van der Waals surface area contributed by atoms with E-state index >= 15 is 0 Å². The van der Waals surface area contributed by atoms with Gasteiger partial charge in [0.05, 0.1) is 4.90 Å². The van der Waals surface area contributed by atoms with Gasteiger partial charge in [-0.25, -0.2) is 8.42 Å². The van der Waals surface area contributed by atoms with E-state index in [1.165, 1.54) is 5.56 Å². The maximum atomic E-state index is 12.3. The van der Waals surface area contributed by atoms with E-state index in [-0.39, 0.29) is 0 Å². The lowest BCUT2D eigenvalue weighted by atomic mass is 10.0. The van der Waals surface area contributed by atoms with Gasteiger partial charge in [-0.3, -0.25) is 4.72 Å². The van der Waals surface area contributed by atoms with Crippen molar-refractivity contribution in [2.24, 2.45) is 0 Å². The van der Waals surface area contributed by atoms with Gasteiger partial charge < -0.3 is 0 Å². The Morgan fingerprint density at radius 1 is 0.950 bits per heavy atom. The minimum atomic E-state index is -3.53. The Balaban J connectivity index is 2.27. The molecular weight excluding hydrogens is 270 g/mol. The highest BCUT2D eigenvalue weighted by atomic mass is 32.2. The monoisotopic (exact) mass is 289 g/mol. The summed E-state index contributed by atoms with van der Waals surface area (Å²) < 4.78 is 27.3. The summed E-state index contributed by atoms with van der Waals surface area (Å²) in [7, 11) is -3.53. The smallest absolute Gasteiger partial charge is 0.262 e. The zero-order valence-corrected chi connectivity index (χ0v) is 12.7. The minimum Gasteiger partial charge on any atom is -0.280 e. The van der Waals surface area contributed by atoms with Gasteiger partial charge in [-0.2, -0.15) is 0 Å². The van der Waals surface area contributed by atoms with E-state index in [9.17, 15) is 8.42 Å². The molecule has 4 heteroatoms. The van der Waals surface area contributed by atoms with Gasteiger partial charge in [0.25, 0.3) is 10.0 Å². The number of anilines is 1. The SMILES string of the molecule is Cc1ccccc1S(=O)(=O)Nc1ccc(C(C)C)cc1. The molecule has 0 spiro atoms. The third-order valence-corrected chi connectivity index (χ3v) is 4.75. The average molecular weight is 289 g/mol. The molecule has 0 aromatic heterocycles. The summed E-state index contributed by atoms with van der Waals surface area (Å²) in [6, 6.07) is 14.4. The molecule has 0 aliphatic carbocycles. The molecule has 2 rings (SSSR count). The van der Waals surface area contributed by atoms with Crippen LogP contribution in [0.15, 0.2) is 53.4 Å². The Morgan fingerprint density at radius 3 is 2.10 bits per heavy atom. The number of hydrogen-bond donors (Lipinski definition) is 1. The molecule has 0 saturated heterocycles. The van der Waals surface area contributed by atoms with Crippen molar-refractivity contribution in [3.05, 3.63) is 59.7 Å². The molecular formula is C16H19NO2S. The lowest BCUT2D eigenvalue weighted by molar-refractivity contribution is 0.600. The van der Waals surface area contributed by atoms with Gasteiger partial charge >= 0.3 is 0 Å². The number of rotatable bonds is 4. The van der Waals surface area contributed by atoms with Crippen molar-refractivity contribution < 1.29 is 8.42 Å². The second-order valence-electron chi connectivity index (χ2n) is 5.15. The van der Waals surface area contributed by atoms with E-state index in [0.717, 1.165) is 5.56 Å². The molecule has 20 heavy (non-hydrogen) atoms. The Morgan fingerprint density at radius 2 is 1.55 bits per heavy atom. The lowest BCUT2D eigenvalue weighted by Crippen LogP contribution is -2.14. The van der Waals surface area contributed by atoms with Crippen LogP contribution in [-0.4, -0.2) is 8.42 Å². The highest BCUT2D eigenvalue weighted by Crippen LogP contribution is 2.21. The van der Waals surface area contributed by atoms with E-state index in [1.807, 2.05) is 18.2 Å². The number of benzene rings is 2. The summed E-state index contributed by atoms with van der Waals surface area (Å²) in [5.41, 5.74) is 2.50. The zero-order valence-electron chi connectivity index (χ0n) is 11.9. The molecule has 0 saturated carbocycles. The third-order valence-electron chi connectivity index (χ3n) is 3.21. The lowest BCUT2D eigenvalue weighted by Gasteiger charge is -2.11. The first-order valence-electron chi connectivity index (χ1n) is 6.58. The normalized spacial score (nSPS) is 11.6. The van der Waals surface area contributed by atoms with E-state index in [1.54, 1.807) is 37.3 Å². The Bertz CT molecular complexity index is 689. The van der Waals surface area contributed by atoms with Gasteiger partial charge in [0.1, 0.15) is 0 Å². The zero-order chi connectivity index (χ0) is 14.8. The average Bonchev–Trinajstić information content (AvgIpc) is 2.39. The van der Waals surface area contributed by atoms with Gasteiger partial charge in [0.2, 0.25) is 0 Å². The molecule has 0 heterocycles. The topological polar surface area (TPSA) is 46.2 Å². The number of aryl methyl sites for hydroxylation is 1. The molecule has 0 radical (unpaired) electrons. The van der Waals surface area contributed by atoms with Crippen molar-refractivity contribution in [1.29, 1.82) is 0 Å². The number of hydrogen-bond acceptors (Lipinski definition) is 2. The summed E-state index contributed by atoms with van der Waals surface area (Å²) in [4.78, 5) is 0.313. The molecule has 0 aliphatic heterocycles. The van der Waals surface area contributed by atoms with Crippen molar-refractivity contribution in [3.8, 4) is 0 Å². The van der Waals surface area contributed by atoms with Crippen LogP contribution in [0.2, 0.25) is 0 Å². The van der Waals surface area contributed by atoms with Crippen LogP contribution in [0.4, 0.5) is 5.69 Å². The summed E-state index contributed by atoms with van der Waals surface area (Å²) in [6.45, 7) is 6.00. The summed E-state index contributed by atoms with van der Waals surface area (Å²) in [6.07, 6.45) is 0. The van der Waals surface area contributed by atoms with Crippen LogP contribution in [0.3, 0.4) is 0 Å². The van der Waals surface area contributed by atoms with Gasteiger partial charge in [-0.15, -0.1) is 0 Å². The standard InChI is InChI=1S/C16H19NO2S/c1-12(2)14-8-10-15(11-9-14)17-20(18,19)16-7-5-4-6-13(16)3/h4-12,17H,1-3H3. The van der Waals surface area contributed by atoms with E-state index in [2.05, 4.69) is 18.6 Å². The van der Waals surface area contributed by atoms with Crippen molar-refractivity contribution >= 4 is 15.7 Å². The molecule has 106 valence electrons. The van der Waals surface area contributed by atoms with Crippen LogP contribution in [0.25, 0.3) is 0 Å². The maximum Gasteiger partial charge on any atom is 0.262 e. The Labute approximate surface area is 120 Å². The van der Waals surface area contributed by atoms with Crippen LogP contribution in [0.1, 0.15) is 30.9 Å². The molecule has 0 aliphatic rings. The molecule has 0 fully saturated rings. The first kappa shape index (κ1) is 14.6. The third kappa shape index (κ3) is 3.20. The fraction of sp³-hybridized carbons (Fsp3) is 0.250. The fourth-order valence-corrected chi connectivity index (χ4v) is 3.31. The second kappa shape index (κ2) is 5.67. The van der Waals surface area contributed by atoms with Gasteiger partial charge in [0.15, 0.2) is 0 Å². The van der Waals surface area contributed by atoms with Crippen molar-refractivity contribution in [3.63, 3.8) is 0 Å². The predicted molar refractivity (Wildman–Crippen MR) is 82.5 cm³/mol. The largest absolute Gasteiger partial charge is 0.280 e. The molecule has 2 aromatic carbocycles. The van der Waals surface area contributed by atoms with Crippen LogP contribution >= 0.6 is 0 Å². The van der Waals surface area contributed by atoms with E-state index in [0.29, 0.717) is 16.5 Å². The summed E-state index contributed by atoms with van der Waals surface area (Å²) in [5.74, 6) is 0.428. The Kier molecular flexibility index (Phi) is 4.14. The minimum absolute atomic E-state index is 0.313. The quantitative estimate of drug-likeness (QED) is 0.927. The summed E-state index contributed by atoms with van der Waals surface area (Å²) >= 11 is 0. The highest BCUT2D eigenvalue weighted by Gasteiger charge is 2.16. The van der Waals surface area contributed by atoms with Crippen LogP contribution in [-0.2, 0) is 10.0 Å². The van der Waals surface area contributed by atoms with Crippen molar-refractivity contribution in [2.45, 2.75) is 31.6 Å². The Hall–Kier alpha value is -1.81. The molecule has 0 bridgehead atoms. The number of sulfonamides is 1. The van der Waals surface area contributed by atoms with Crippen LogP contribution < -0.4 is 4.72 Å². The highest BCUT2D eigenvalue weighted by molar-refractivity contribution is 7.92.